The van der Waals surface area contributed by atoms with E-state index in [1.165, 1.54) is 0 Å². The molecule has 0 atom stereocenters. The highest BCUT2D eigenvalue weighted by Gasteiger charge is 2.11. The molecule has 1 rings (SSSR count). The van der Waals surface area contributed by atoms with E-state index in [2.05, 4.69) is 5.43 Å². The number of nitrogens with two attached hydrogens (primary N) is 1. The molecule has 0 radical (unpaired) electrons. The number of carbonyl (C=O) groups is 1. The van der Waals surface area contributed by atoms with Gasteiger partial charge in [0.15, 0.2) is 0 Å². The Kier molecular flexibility index (Phi) is 6.89. The Morgan fingerprint density at radius 3 is 2.62 bits per heavy atom. The second-order valence-corrected chi connectivity index (χ2v) is 2.67. The number of morpholine rings is 1. The maximum Gasteiger partial charge on any atom is 0.235 e. The van der Waals surface area contributed by atoms with E-state index in [9.17, 15) is 4.79 Å². The third-order valence-corrected chi connectivity index (χ3v) is 1.67. The van der Waals surface area contributed by atoms with Crippen LogP contribution >= 0.6 is 12.4 Å². The SMILES string of the molecule is Cl.NCCC(=O)NN1CCOCC1. The highest BCUT2D eigenvalue weighted by Crippen LogP contribution is 1.92. The molecule has 1 aliphatic rings. The average Bonchev–Trinajstić information content (AvgIpc) is 2.06. The van der Waals surface area contributed by atoms with Gasteiger partial charge in [0.25, 0.3) is 0 Å². The lowest BCUT2D eigenvalue weighted by Gasteiger charge is -2.26. The van der Waals surface area contributed by atoms with Crippen LogP contribution in [0.3, 0.4) is 0 Å². The summed E-state index contributed by atoms with van der Waals surface area (Å²) in [5, 5.41) is 1.86. The van der Waals surface area contributed by atoms with Crippen LogP contribution < -0.4 is 11.2 Å². The fourth-order valence-electron chi connectivity index (χ4n) is 1.04. The van der Waals surface area contributed by atoms with Crippen LogP contribution in [0.15, 0.2) is 0 Å². The molecule has 3 N–H and O–H groups in total. The normalized spacial score (nSPS) is 17.6. The Hall–Kier alpha value is -0.360. The van der Waals surface area contributed by atoms with E-state index in [1.54, 1.807) is 0 Å². The van der Waals surface area contributed by atoms with Crippen molar-refractivity contribution < 1.29 is 9.53 Å². The van der Waals surface area contributed by atoms with E-state index in [1.807, 2.05) is 5.01 Å². The molecule has 1 heterocycles. The Morgan fingerprint density at radius 1 is 1.46 bits per heavy atom. The first-order chi connectivity index (χ1) is 5.83. The van der Waals surface area contributed by atoms with Crippen molar-refractivity contribution in [2.75, 3.05) is 32.8 Å². The molecule has 1 amide bonds. The third-order valence-electron chi connectivity index (χ3n) is 1.67. The fourth-order valence-corrected chi connectivity index (χ4v) is 1.04. The summed E-state index contributed by atoms with van der Waals surface area (Å²) in [5.74, 6) is -0.0144. The number of carbonyl (C=O) groups excluding carboxylic acids is 1. The quantitative estimate of drug-likeness (QED) is 0.634. The van der Waals surface area contributed by atoms with Crippen LogP contribution in [0.4, 0.5) is 0 Å². The molecule has 13 heavy (non-hydrogen) atoms. The summed E-state index contributed by atoms with van der Waals surface area (Å²) in [7, 11) is 0. The number of hydrazine groups is 1. The van der Waals surface area contributed by atoms with E-state index in [4.69, 9.17) is 10.5 Å². The van der Waals surface area contributed by atoms with Gasteiger partial charge in [-0.3, -0.25) is 10.2 Å². The Bertz CT molecular complexity index is 151. The Morgan fingerprint density at radius 2 is 2.08 bits per heavy atom. The van der Waals surface area contributed by atoms with Crippen LogP contribution in [-0.4, -0.2) is 43.8 Å². The van der Waals surface area contributed by atoms with Gasteiger partial charge in [0, 0.05) is 26.1 Å². The first-order valence-corrected chi connectivity index (χ1v) is 4.15. The summed E-state index contributed by atoms with van der Waals surface area (Å²) in [6, 6.07) is 0. The molecule has 5 nitrogen and oxygen atoms in total. The zero-order valence-electron chi connectivity index (χ0n) is 7.49. The first kappa shape index (κ1) is 12.6. The number of hydrogen-bond acceptors (Lipinski definition) is 4. The molecule has 0 aromatic rings. The van der Waals surface area contributed by atoms with Crippen molar-refractivity contribution in [1.29, 1.82) is 0 Å². The van der Waals surface area contributed by atoms with Crippen molar-refractivity contribution in [3.63, 3.8) is 0 Å². The van der Waals surface area contributed by atoms with Crippen molar-refractivity contribution in [3.8, 4) is 0 Å². The second-order valence-electron chi connectivity index (χ2n) is 2.67. The fraction of sp³-hybridized carbons (Fsp3) is 0.857. The zero-order chi connectivity index (χ0) is 8.81. The Balaban J connectivity index is 0.00000144. The van der Waals surface area contributed by atoms with Gasteiger partial charge in [0.2, 0.25) is 5.91 Å². The largest absolute Gasteiger partial charge is 0.379 e. The number of amides is 1. The summed E-state index contributed by atoms with van der Waals surface area (Å²) in [6.45, 7) is 3.29. The molecule has 1 fully saturated rings. The molecule has 0 unspecified atom stereocenters. The lowest BCUT2D eigenvalue weighted by molar-refractivity contribution is -0.127. The lowest BCUT2D eigenvalue weighted by Crippen LogP contribution is -2.48. The number of nitrogens with zero attached hydrogens (tertiary/aromatic N) is 1. The van der Waals surface area contributed by atoms with Crippen molar-refractivity contribution in [2.45, 2.75) is 6.42 Å². The van der Waals surface area contributed by atoms with E-state index >= 15 is 0 Å². The molecular weight excluding hydrogens is 194 g/mol. The van der Waals surface area contributed by atoms with Gasteiger partial charge in [-0.15, -0.1) is 12.4 Å². The van der Waals surface area contributed by atoms with Crippen LogP contribution in [-0.2, 0) is 9.53 Å². The zero-order valence-corrected chi connectivity index (χ0v) is 8.31. The highest BCUT2D eigenvalue weighted by molar-refractivity contribution is 5.85. The minimum absolute atomic E-state index is 0. The Labute approximate surface area is 84.0 Å². The minimum atomic E-state index is -0.0144. The summed E-state index contributed by atoms with van der Waals surface area (Å²) >= 11 is 0. The van der Waals surface area contributed by atoms with E-state index in [-0.39, 0.29) is 18.3 Å². The number of hydrogen-bond donors (Lipinski definition) is 2. The number of halogens is 1. The van der Waals surface area contributed by atoms with Gasteiger partial charge in [-0.25, -0.2) is 5.01 Å². The molecule has 1 aliphatic heterocycles. The molecular formula is C7H16ClN3O2. The summed E-state index contributed by atoms with van der Waals surface area (Å²) in [5.41, 5.74) is 7.98. The van der Waals surface area contributed by atoms with Crippen molar-refractivity contribution in [1.82, 2.24) is 10.4 Å². The van der Waals surface area contributed by atoms with Gasteiger partial charge < -0.3 is 10.5 Å². The van der Waals surface area contributed by atoms with E-state index in [0.717, 1.165) is 13.1 Å². The monoisotopic (exact) mass is 209 g/mol. The van der Waals surface area contributed by atoms with Crippen LogP contribution in [0.25, 0.3) is 0 Å². The second kappa shape index (κ2) is 7.08. The molecule has 78 valence electrons. The topological polar surface area (TPSA) is 67.6 Å². The third kappa shape index (κ3) is 5.05. The molecule has 0 saturated carbocycles. The molecule has 0 aliphatic carbocycles. The van der Waals surface area contributed by atoms with Crippen LogP contribution in [0, 0.1) is 0 Å². The van der Waals surface area contributed by atoms with Crippen LogP contribution in [0.1, 0.15) is 6.42 Å². The van der Waals surface area contributed by atoms with Crippen molar-refractivity contribution in [3.05, 3.63) is 0 Å². The molecule has 0 aromatic heterocycles. The minimum Gasteiger partial charge on any atom is -0.379 e. The first-order valence-electron chi connectivity index (χ1n) is 4.15. The van der Waals surface area contributed by atoms with E-state index in [0.29, 0.717) is 26.2 Å². The van der Waals surface area contributed by atoms with Gasteiger partial charge in [0.1, 0.15) is 0 Å². The van der Waals surface area contributed by atoms with Gasteiger partial charge in [-0.1, -0.05) is 0 Å². The summed E-state index contributed by atoms with van der Waals surface area (Å²) in [6.07, 6.45) is 0.386. The number of ether oxygens (including phenoxy) is 1. The van der Waals surface area contributed by atoms with Gasteiger partial charge >= 0.3 is 0 Å². The highest BCUT2D eigenvalue weighted by atomic mass is 35.5. The standard InChI is InChI=1S/C7H15N3O2.ClH/c8-2-1-7(11)9-10-3-5-12-6-4-10;/h1-6,8H2,(H,9,11);1H. The lowest BCUT2D eigenvalue weighted by atomic mass is 10.4. The van der Waals surface area contributed by atoms with Gasteiger partial charge in [0.05, 0.1) is 13.2 Å². The van der Waals surface area contributed by atoms with Crippen LogP contribution in [0.5, 0.6) is 0 Å². The average molecular weight is 210 g/mol. The molecule has 0 aromatic carbocycles. The summed E-state index contributed by atoms with van der Waals surface area (Å²) in [4.78, 5) is 11.0. The molecule has 0 bridgehead atoms. The molecule has 6 heteroatoms. The number of rotatable bonds is 3. The molecule has 0 spiro atoms. The predicted molar refractivity (Wildman–Crippen MR) is 51.5 cm³/mol. The van der Waals surface area contributed by atoms with Gasteiger partial charge in [-0.05, 0) is 0 Å². The van der Waals surface area contributed by atoms with Gasteiger partial charge in [-0.2, -0.15) is 0 Å². The predicted octanol–water partition coefficient (Wildman–Crippen LogP) is -0.880. The summed E-state index contributed by atoms with van der Waals surface area (Å²) < 4.78 is 5.12. The number of nitrogens with one attached hydrogen (secondary N) is 1. The van der Waals surface area contributed by atoms with Crippen molar-refractivity contribution >= 4 is 18.3 Å². The van der Waals surface area contributed by atoms with Crippen LogP contribution in [0.2, 0.25) is 0 Å². The smallest absolute Gasteiger partial charge is 0.235 e. The maximum absolute atomic E-state index is 11.0. The van der Waals surface area contributed by atoms with Crippen molar-refractivity contribution in [2.24, 2.45) is 5.73 Å². The maximum atomic E-state index is 11.0. The molecule has 1 saturated heterocycles. The van der Waals surface area contributed by atoms with E-state index < -0.39 is 0 Å².